The van der Waals surface area contributed by atoms with Gasteiger partial charge in [0, 0.05) is 31.5 Å². The van der Waals surface area contributed by atoms with Crippen LogP contribution in [0.25, 0.3) is 0 Å². The van der Waals surface area contributed by atoms with Crippen molar-refractivity contribution in [3.8, 4) is 5.75 Å². The Labute approximate surface area is 137 Å². The molecule has 0 radical (unpaired) electrons. The summed E-state index contributed by atoms with van der Waals surface area (Å²) in [4.78, 5) is 14.4. The van der Waals surface area contributed by atoms with Crippen LogP contribution in [0.2, 0.25) is 0 Å². The van der Waals surface area contributed by atoms with Crippen LogP contribution in [0.1, 0.15) is 35.7 Å². The van der Waals surface area contributed by atoms with E-state index < -0.39 is 0 Å². The summed E-state index contributed by atoms with van der Waals surface area (Å²) in [7, 11) is 0. The van der Waals surface area contributed by atoms with Crippen LogP contribution < -0.4 is 4.74 Å². The third-order valence-electron chi connectivity index (χ3n) is 4.36. The Balaban J connectivity index is 1.55. The number of carbonyl (C=O) groups is 1. The maximum Gasteiger partial charge on any atom is 0.253 e. The van der Waals surface area contributed by atoms with Crippen molar-refractivity contribution >= 4 is 5.91 Å². The van der Waals surface area contributed by atoms with Crippen LogP contribution in [0.3, 0.4) is 0 Å². The minimum Gasteiger partial charge on any atom is -0.490 e. The molecule has 2 aromatic rings. The predicted octanol–water partition coefficient (Wildman–Crippen LogP) is 3.93. The molecule has 0 bridgehead atoms. The molecule has 1 heterocycles. The Bertz CT molecular complexity index is 646. The van der Waals surface area contributed by atoms with Gasteiger partial charge in [-0.1, -0.05) is 37.3 Å². The number of carbonyl (C=O) groups excluding carboxylic acids is 1. The first-order chi connectivity index (χ1) is 11.3. The van der Waals surface area contributed by atoms with Crippen LogP contribution in [-0.2, 0) is 6.42 Å². The molecule has 0 aliphatic carbocycles. The number of nitrogens with zero attached hydrogens (tertiary/aromatic N) is 1. The molecule has 0 saturated carbocycles. The number of piperidine rings is 1. The first kappa shape index (κ1) is 15.6. The van der Waals surface area contributed by atoms with E-state index in [1.54, 1.807) is 0 Å². The zero-order chi connectivity index (χ0) is 16.1. The van der Waals surface area contributed by atoms with Gasteiger partial charge in [-0.15, -0.1) is 0 Å². The summed E-state index contributed by atoms with van der Waals surface area (Å²) < 4.78 is 6.09. The van der Waals surface area contributed by atoms with Gasteiger partial charge in [0.1, 0.15) is 11.9 Å². The van der Waals surface area contributed by atoms with Crippen LogP contribution in [0, 0.1) is 0 Å². The summed E-state index contributed by atoms with van der Waals surface area (Å²) in [5, 5.41) is 0. The molecule has 3 rings (SSSR count). The molecule has 1 fully saturated rings. The lowest BCUT2D eigenvalue weighted by atomic mass is 10.1. The Morgan fingerprint density at radius 1 is 1.09 bits per heavy atom. The lowest BCUT2D eigenvalue weighted by Gasteiger charge is -2.32. The van der Waals surface area contributed by atoms with Crippen molar-refractivity contribution in [2.45, 2.75) is 32.3 Å². The second-order valence-corrected chi connectivity index (χ2v) is 5.98. The lowest BCUT2D eigenvalue weighted by molar-refractivity contribution is 0.0595. The van der Waals surface area contributed by atoms with Crippen LogP contribution in [0.4, 0.5) is 0 Å². The standard InChI is InChI=1S/C20H23NO2/c1-2-16-7-6-10-19(15-16)23-18-11-13-21(14-12-18)20(22)17-8-4-3-5-9-17/h3-10,15,18H,2,11-14H2,1H3. The molecule has 1 amide bonds. The van der Waals surface area contributed by atoms with Gasteiger partial charge in [0.25, 0.3) is 5.91 Å². The highest BCUT2D eigenvalue weighted by molar-refractivity contribution is 5.94. The van der Waals surface area contributed by atoms with Gasteiger partial charge in [0.2, 0.25) is 0 Å². The minimum absolute atomic E-state index is 0.122. The maximum absolute atomic E-state index is 12.4. The number of benzene rings is 2. The number of amides is 1. The van der Waals surface area contributed by atoms with E-state index in [9.17, 15) is 4.79 Å². The molecule has 0 unspecified atom stereocenters. The van der Waals surface area contributed by atoms with Crippen LogP contribution >= 0.6 is 0 Å². The molecule has 3 heteroatoms. The number of ether oxygens (including phenoxy) is 1. The molecule has 0 spiro atoms. The average molecular weight is 309 g/mol. The fourth-order valence-corrected chi connectivity index (χ4v) is 2.97. The van der Waals surface area contributed by atoms with Crippen molar-refractivity contribution in [2.75, 3.05) is 13.1 Å². The Morgan fingerprint density at radius 2 is 1.83 bits per heavy atom. The third-order valence-corrected chi connectivity index (χ3v) is 4.36. The van der Waals surface area contributed by atoms with Gasteiger partial charge >= 0.3 is 0 Å². The summed E-state index contributed by atoms with van der Waals surface area (Å²) in [5.74, 6) is 1.06. The number of hydrogen-bond donors (Lipinski definition) is 0. The van der Waals surface area contributed by atoms with E-state index in [2.05, 4.69) is 19.1 Å². The number of rotatable bonds is 4. The van der Waals surface area contributed by atoms with Crippen molar-refractivity contribution in [2.24, 2.45) is 0 Å². The van der Waals surface area contributed by atoms with E-state index in [4.69, 9.17) is 4.74 Å². The zero-order valence-corrected chi connectivity index (χ0v) is 13.6. The first-order valence-corrected chi connectivity index (χ1v) is 8.36. The summed E-state index contributed by atoms with van der Waals surface area (Å²) in [6.45, 7) is 3.66. The Kier molecular flexibility index (Phi) is 4.96. The van der Waals surface area contributed by atoms with Gasteiger partial charge in [-0.2, -0.15) is 0 Å². The van der Waals surface area contributed by atoms with E-state index in [0.29, 0.717) is 0 Å². The monoisotopic (exact) mass is 309 g/mol. The van der Waals surface area contributed by atoms with E-state index >= 15 is 0 Å². The first-order valence-electron chi connectivity index (χ1n) is 8.36. The van der Waals surface area contributed by atoms with E-state index in [1.165, 1.54) is 5.56 Å². The fourth-order valence-electron chi connectivity index (χ4n) is 2.97. The molecular formula is C20H23NO2. The topological polar surface area (TPSA) is 29.5 Å². The quantitative estimate of drug-likeness (QED) is 0.856. The third kappa shape index (κ3) is 3.92. The van der Waals surface area contributed by atoms with Crippen molar-refractivity contribution in [3.05, 3.63) is 65.7 Å². The van der Waals surface area contributed by atoms with Gasteiger partial charge in [0.05, 0.1) is 0 Å². The molecule has 3 nitrogen and oxygen atoms in total. The van der Waals surface area contributed by atoms with Crippen LogP contribution in [0.5, 0.6) is 5.75 Å². The lowest BCUT2D eigenvalue weighted by Crippen LogP contribution is -2.41. The molecule has 1 saturated heterocycles. The predicted molar refractivity (Wildman–Crippen MR) is 91.8 cm³/mol. The van der Waals surface area contributed by atoms with Crippen LogP contribution in [-0.4, -0.2) is 30.0 Å². The number of likely N-dealkylation sites (tertiary alicyclic amines) is 1. The Hall–Kier alpha value is -2.29. The second kappa shape index (κ2) is 7.32. The smallest absolute Gasteiger partial charge is 0.253 e. The average Bonchev–Trinajstić information content (AvgIpc) is 2.63. The highest BCUT2D eigenvalue weighted by Crippen LogP contribution is 2.21. The van der Waals surface area contributed by atoms with Crippen molar-refractivity contribution in [1.29, 1.82) is 0 Å². The van der Waals surface area contributed by atoms with Gasteiger partial charge in [-0.05, 0) is 36.2 Å². The fraction of sp³-hybridized carbons (Fsp3) is 0.350. The second-order valence-electron chi connectivity index (χ2n) is 5.98. The van der Waals surface area contributed by atoms with Crippen LogP contribution in [0.15, 0.2) is 54.6 Å². The van der Waals surface area contributed by atoms with E-state index in [-0.39, 0.29) is 12.0 Å². The molecule has 0 aromatic heterocycles. The number of aryl methyl sites for hydroxylation is 1. The molecule has 1 aliphatic heterocycles. The number of hydrogen-bond acceptors (Lipinski definition) is 2. The van der Waals surface area contributed by atoms with Gasteiger partial charge < -0.3 is 9.64 Å². The summed E-state index contributed by atoms with van der Waals surface area (Å²) >= 11 is 0. The molecule has 0 atom stereocenters. The summed E-state index contributed by atoms with van der Waals surface area (Å²) in [5.41, 5.74) is 2.06. The van der Waals surface area contributed by atoms with Crippen molar-refractivity contribution < 1.29 is 9.53 Å². The molecule has 0 N–H and O–H groups in total. The van der Waals surface area contributed by atoms with Gasteiger partial charge in [-0.3, -0.25) is 4.79 Å². The molecule has 1 aliphatic rings. The van der Waals surface area contributed by atoms with E-state index in [0.717, 1.165) is 43.7 Å². The highest BCUT2D eigenvalue weighted by atomic mass is 16.5. The maximum atomic E-state index is 12.4. The summed E-state index contributed by atoms with van der Waals surface area (Å²) in [6.07, 6.45) is 2.98. The minimum atomic E-state index is 0.122. The molecule has 120 valence electrons. The largest absolute Gasteiger partial charge is 0.490 e. The van der Waals surface area contributed by atoms with Crippen molar-refractivity contribution in [1.82, 2.24) is 4.90 Å². The Morgan fingerprint density at radius 3 is 2.52 bits per heavy atom. The van der Waals surface area contributed by atoms with Gasteiger partial charge in [-0.25, -0.2) is 0 Å². The molecule has 2 aromatic carbocycles. The molecule has 23 heavy (non-hydrogen) atoms. The van der Waals surface area contributed by atoms with E-state index in [1.807, 2.05) is 47.4 Å². The highest BCUT2D eigenvalue weighted by Gasteiger charge is 2.24. The SMILES string of the molecule is CCc1cccc(OC2CCN(C(=O)c3ccccc3)CC2)c1. The van der Waals surface area contributed by atoms with Gasteiger partial charge in [0.15, 0.2) is 0 Å². The van der Waals surface area contributed by atoms with Crippen molar-refractivity contribution in [3.63, 3.8) is 0 Å². The molecular weight excluding hydrogens is 286 g/mol. The summed E-state index contributed by atoms with van der Waals surface area (Å²) in [6, 6.07) is 17.8. The zero-order valence-electron chi connectivity index (χ0n) is 13.6. The normalized spacial score (nSPS) is 15.4.